The number of hydrogen-bond donors (Lipinski definition) is 1. The maximum atomic E-state index is 5.84. The monoisotopic (exact) mass is 277 g/mol. The van der Waals surface area contributed by atoms with Crippen molar-refractivity contribution in [2.45, 2.75) is 19.6 Å². The molecule has 4 heteroatoms. The van der Waals surface area contributed by atoms with Gasteiger partial charge in [-0.15, -0.1) is 11.3 Å². The molecule has 0 saturated heterocycles. The Morgan fingerprint density at radius 1 is 1.21 bits per heavy atom. The third kappa shape index (κ3) is 4.58. The first kappa shape index (κ1) is 13.9. The van der Waals surface area contributed by atoms with Crippen LogP contribution in [0.5, 0.6) is 11.5 Å². The van der Waals surface area contributed by atoms with Crippen LogP contribution in [-0.4, -0.2) is 19.8 Å². The van der Waals surface area contributed by atoms with E-state index in [4.69, 9.17) is 9.47 Å². The van der Waals surface area contributed by atoms with Crippen LogP contribution in [0, 0.1) is 0 Å². The number of ether oxygens (including phenoxy) is 2. The molecule has 0 aliphatic heterocycles. The SMILES string of the molecule is COc1cccc(OC(C)CNCc2cccs2)c1. The van der Waals surface area contributed by atoms with Gasteiger partial charge in [-0.3, -0.25) is 0 Å². The van der Waals surface area contributed by atoms with Gasteiger partial charge >= 0.3 is 0 Å². The van der Waals surface area contributed by atoms with Crippen molar-refractivity contribution in [3.8, 4) is 11.5 Å². The maximum absolute atomic E-state index is 5.84. The zero-order chi connectivity index (χ0) is 13.5. The molecule has 3 nitrogen and oxygen atoms in total. The number of methoxy groups -OCH3 is 1. The van der Waals surface area contributed by atoms with Crippen molar-refractivity contribution in [2.24, 2.45) is 0 Å². The quantitative estimate of drug-likeness (QED) is 0.842. The standard InChI is InChI=1S/C15H19NO2S/c1-12(10-16-11-15-7-4-8-19-15)18-14-6-3-5-13(9-14)17-2/h3-9,12,16H,10-11H2,1-2H3. The highest BCUT2D eigenvalue weighted by atomic mass is 32.1. The van der Waals surface area contributed by atoms with Gasteiger partial charge in [0.15, 0.2) is 0 Å². The molecule has 0 fully saturated rings. The fraction of sp³-hybridized carbons (Fsp3) is 0.333. The summed E-state index contributed by atoms with van der Waals surface area (Å²) in [6.07, 6.45) is 0.118. The molecule has 2 aromatic rings. The van der Waals surface area contributed by atoms with E-state index in [1.165, 1.54) is 4.88 Å². The smallest absolute Gasteiger partial charge is 0.123 e. The molecule has 1 aromatic carbocycles. The van der Waals surface area contributed by atoms with Crippen LogP contribution in [0.1, 0.15) is 11.8 Å². The normalized spacial score (nSPS) is 12.1. The van der Waals surface area contributed by atoms with Gasteiger partial charge < -0.3 is 14.8 Å². The van der Waals surface area contributed by atoms with Crippen molar-refractivity contribution < 1.29 is 9.47 Å². The largest absolute Gasteiger partial charge is 0.497 e. The Bertz CT molecular complexity index is 485. The number of rotatable bonds is 7. The van der Waals surface area contributed by atoms with Crippen molar-refractivity contribution in [1.82, 2.24) is 5.32 Å². The lowest BCUT2D eigenvalue weighted by Crippen LogP contribution is -2.28. The van der Waals surface area contributed by atoms with E-state index in [1.54, 1.807) is 18.4 Å². The molecule has 0 aliphatic carbocycles. The summed E-state index contributed by atoms with van der Waals surface area (Å²) >= 11 is 1.76. The molecule has 0 aliphatic rings. The Morgan fingerprint density at radius 3 is 2.79 bits per heavy atom. The number of benzene rings is 1. The Morgan fingerprint density at radius 2 is 2.05 bits per heavy atom. The Balaban J connectivity index is 1.75. The molecule has 19 heavy (non-hydrogen) atoms. The van der Waals surface area contributed by atoms with Crippen LogP contribution < -0.4 is 14.8 Å². The lowest BCUT2D eigenvalue weighted by atomic mass is 10.3. The topological polar surface area (TPSA) is 30.5 Å². The molecule has 1 atom stereocenters. The molecular weight excluding hydrogens is 258 g/mol. The minimum absolute atomic E-state index is 0.118. The molecule has 1 heterocycles. The van der Waals surface area contributed by atoms with Crippen molar-refractivity contribution >= 4 is 11.3 Å². The summed E-state index contributed by atoms with van der Waals surface area (Å²) in [6, 6.07) is 11.9. The molecular formula is C15H19NO2S. The van der Waals surface area contributed by atoms with Gasteiger partial charge in [0.2, 0.25) is 0 Å². The van der Waals surface area contributed by atoms with Crippen molar-refractivity contribution in [3.63, 3.8) is 0 Å². The van der Waals surface area contributed by atoms with Crippen LogP contribution >= 0.6 is 11.3 Å². The highest BCUT2D eigenvalue weighted by molar-refractivity contribution is 7.09. The molecule has 1 N–H and O–H groups in total. The maximum Gasteiger partial charge on any atom is 0.123 e. The van der Waals surface area contributed by atoms with Crippen LogP contribution in [-0.2, 0) is 6.54 Å². The highest BCUT2D eigenvalue weighted by Gasteiger charge is 2.04. The predicted octanol–water partition coefficient (Wildman–Crippen LogP) is 3.31. The van der Waals surface area contributed by atoms with Crippen LogP contribution in [0.3, 0.4) is 0 Å². The van der Waals surface area contributed by atoms with E-state index < -0.39 is 0 Å². The van der Waals surface area contributed by atoms with Crippen LogP contribution in [0.2, 0.25) is 0 Å². The average Bonchev–Trinajstić information content (AvgIpc) is 2.92. The van der Waals surface area contributed by atoms with Crippen molar-refractivity contribution in [3.05, 3.63) is 46.7 Å². The summed E-state index contributed by atoms with van der Waals surface area (Å²) in [4.78, 5) is 1.34. The molecule has 0 saturated carbocycles. The van der Waals surface area contributed by atoms with E-state index in [0.29, 0.717) is 0 Å². The minimum atomic E-state index is 0.118. The first-order valence-electron chi connectivity index (χ1n) is 6.31. The summed E-state index contributed by atoms with van der Waals surface area (Å²) in [5.41, 5.74) is 0. The summed E-state index contributed by atoms with van der Waals surface area (Å²) in [6.45, 7) is 3.76. The molecule has 1 aromatic heterocycles. The second kappa shape index (κ2) is 7.16. The third-order valence-electron chi connectivity index (χ3n) is 2.69. The Hall–Kier alpha value is -1.52. The first-order chi connectivity index (χ1) is 9.28. The van der Waals surface area contributed by atoms with Crippen molar-refractivity contribution in [2.75, 3.05) is 13.7 Å². The zero-order valence-electron chi connectivity index (χ0n) is 11.3. The van der Waals surface area contributed by atoms with Crippen LogP contribution in [0.15, 0.2) is 41.8 Å². The van der Waals surface area contributed by atoms with E-state index in [9.17, 15) is 0 Å². The summed E-state index contributed by atoms with van der Waals surface area (Å²) in [5.74, 6) is 1.65. The first-order valence-corrected chi connectivity index (χ1v) is 7.19. The van der Waals surface area contributed by atoms with Gasteiger partial charge in [-0.1, -0.05) is 12.1 Å². The third-order valence-corrected chi connectivity index (χ3v) is 3.57. The molecule has 2 rings (SSSR count). The second-order valence-corrected chi connectivity index (χ2v) is 5.35. The molecule has 102 valence electrons. The van der Waals surface area contributed by atoms with Crippen LogP contribution in [0.4, 0.5) is 0 Å². The van der Waals surface area contributed by atoms with E-state index in [0.717, 1.165) is 24.6 Å². The Kier molecular flexibility index (Phi) is 5.24. The number of nitrogens with one attached hydrogen (secondary N) is 1. The minimum Gasteiger partial charge on any atom is -0.497 e. The summed E-state index contributed by atoms with van der Waals surface area (Å²) < 4.78 is 11.0. The molecule has 0 radical (unpaired) electrons. The van der Waals surface area contributed by atoms with Gasteiger partial charge in [-0.2, -0.15) is 0 Å². The lowest BCUT2D eigenvalue weighted by molar-refractivity contribution is 0.216. The molecule has 0 amide bonds. The number of hydrogen-bond acceptors (Lipinski definition) is 4. The van der Waals surface area contributed by atoms with E-state index in [-0.39, 0.29) is 6.10 Å². The van der Waals surface area contributed by atoms with Gasteiger partial charge in [0.25, 0.3) is 0 Å². The lowest BCUT2D eigenvalue weighted by Gasteiger charge is -2.15. The van der Waals surface area contributed by atoms with Gasteiger partial charge in [0.05, 0.1) is 7.11 Å². The van der Waals surface area contributed by atoms with Crippen LogP contribution in [0.25, 0.3) is 0 Å². The fourth-order valence-corrected chi connectivity index (χ4v) is 2.43. The molecule has 0 bridgehead atoms. The van der Waals surface area contributed by atoms with Gasteiger partial charge in [0, 0.05) is 24.0 Å². The predicted molar refractivity (Wildman–Crippen MR) is 79.1 cm³/mol. The molecule has 0 spiro atoms. The van der Waals surface area contributed by atoms with Gasteiger partial charge in [0.1, 0.15) is 17.6 Å². The van der Waals surface area contributed by atoms with Gasteiger partial charge in [-0.25, -0.2) is 0 Å². The average molecular weight is 277 g/mol. The summed E-state index contributed by atoms with van der Waals surface area (Å²) in [7, 11) is 1.66. The van der Waals surface area contributed by atoms with Gasteiger partial charge in [-0.05, 0) is 30.5 Å². The number of thiophene rings is 1. The fourth-order valence-electron chi connectivity index (χ4n) is 1.76. The Labute approximate surface area is 118 Å². The molecule has 1 unspecified atom stereocenters. The van der Waals surface area contributed by atoms with E-state index in [1.807, 2.05) is 24.3 Å². The van der Waals surface area contributed by atoms with E-state index in [2.05, 4.69) is 29.8 Å². The second-order valence-electron chi connectivity index (χ2n) is 4.32. The highest BCUT2D eigenvalue weighted by Crippen LogP contribution is 2.19. The summed E-state index contributed by atoms with van der Waals surface area (Å²) in [5, 5.41) is 5.48. The van der Waals surface area contributed by atoms with E-state index >= 15 is 0 Å². The zero-order valence-corrected chi connectivity index (χ0v) is 12.1. The van der Waals surface area contributed by atoms with Crippen molar-refractivity contribution in [1.29, 1.82) is 0 Å².